The Bertz CT molecular complexity index is 918. The van der Waals surface area contributed by atoms with Gasteiger partial charge in [-0.25, -0.2) is 4.98 Å². The highest BCUT2D eigenvalue weighted by atomic mass is 32.1. The number of hydrogen-bond acceptors (Lipinski definition) is 4. The predicted octanol–water partition coefficient (Wildman–Crippen LogP) is 5.93. The van der Waals surface area contributed by atoms with Gasteiger partial charge in [0.2, 0.25) is 0 Å². The molecular formula is C22H26N2O2S. The Morgan fingerprint density at radius 3 is 2.85 bits per heavy atom. The summed E-state index contributed by atoms with van der Waals surface area (Å²) < 4.78 is 6.81. The number of thiazole rings is 1. The molecule has 3 aromatic rings. The third-order valence-electron chi connectivity index (χ3n) is 4.17. The first kappa shape index (κ1) is 19.4. The van der Waals surface area contributed by atoms with Crippen molar-refractivity contribution < 1.29 is 9.53 Å². The highest BCUT2D eigenvalue weighted by molar-refractivity contribution is 7.22. The molecule has 1 amide bonds. The van der Waals surface area contributed by atoms with Gasteiger partial charge in [0.15, 0.2) is 5.13 Å². The molecule has 1 aromatic heterocycles. The molecule has 0 fully saturated rings. The lowest BCUT2D eigenvalue weighted by molar-refractivity contribution is 0.102. The third-order valence-corrected chi connectivity index (χ3v) is 5.11. The number of anilines is 1. The Morgan fingerprint density at radius 2 is 2.07 bits per heavy atom. The zero-order valence-corrected chi connectivity index (χ0v) is 16.9. The van der Waals surface area contributed by atoms with E-state index in [0.717, 1.165) is 16.6 Å². The van der Waals surface area contributed by atoms with Gasteiger partial charge in [-0.3, -0.25) is 10.1 Å². The number of carbonyl (C=O) groups is 1. The fourth-order valence-electron chi connectivity index (χ4n) is 2.72. The van der Waals surface area contributed by atoms with Crippen LogP contribution in [0.25, 0.3) is 10.2 Å². The first-order valence-electron chi connectivity index (χ1n) is 9.49. The van der Waals surface area contributed by atoms with Gasteiger partial charge in [-0.15, -0.1) is 0 Å². The van der Waals surface area contributed by atoms with Crippen molar-refractivity contribution in [3.63, 3.8) is 0 Å². The van der Waals surface area contributed by atoms with E-state index < -0.39 is 0 Å². The molecule has 0 spiro atoms. The van der Waals surface area contributed by atoms with E-state index in [1.54, 1.807) is 12.1 Å². The number of aromatic nitrogens is 1. The van der Waals surface area contributed by atoms with Crippen LogP contribution in [0.3, 0.4) is 0 Å². The Labute approximate surface area is 164 Å². The van der Waals surface area contributed by atoms with E-state index in [9.17, 15) is 4.79 Å². The van der Waals surface area contributed by atoms with Crippen LogP contribution in [-0.4, -0.2) is 17.5 Å². The van der Waals surface area contributed by atoms with E-state index in [1.807, 2.05) is 18.2 Å². The van der Waals surface area contributed by atoms with Crippen molar-refractivity contribution in [3.05, 3.63) is 53.6 Å². The Hall–Kier alpha value is -2.40. The summed E-state index contributed by atoms with van der Waals surface area (Å²) in [5.74, 6) is 0.976. The maximum Gasteiger partial charge on any atom is 0.257 e. The van der Waals surface area contributed by atoms with Crippen molar-refractivity contribution in [1.29, 1.82) is 0 Å². The summed E-state index contributed by atoms with van der Waals surface area (Å²) in [5, 5.41) is 3.54. The smallest absolute Gasteiger partial charge is 0.257 e. The van der Waals surface area contributed by atoms with Gasteiger partial charge >= 0.3 is 0 Å². The fourth-order valence-corrected chi connectivity index (χ4v) is 3.64. The number of nitrogens with zero attached hydrogens (tertiary/aromatic N) is 1. The summed E-state index contributed by atoms with van der Waals surface area (Å²) in [6.07, 6.45) is 3.44. The number of ether oxygens (including phenoxy) is 1. The molecule has 4 nitrogen and oxygen atoms in total. The summed E-state index contributed by atoms with van der Waals surface area (Å²) in [4.78, 5) is 17.1. The normalized spacial score (nSPS) is 11.1. The van der Waals surface area contributed by atoms with E-state index >= 15 is 0 Å². The highest BCUT2D eigenvalue weighted by Gasteiger charge is 2.11. The molecule has 0 saturated heterocycles. The minimum Gasteiger partial charge on any atom is -0.493 e. The SMILES string of the molecule is CCCCc1ccc2nc(NC(=O)c3cccc(OCC(C)C)c3)sc2c1. The molecule has 0 radical (unpaired) electrons. The van der Waals surface area contributed by atoms with Crippen molar-refractivity contribution in [2.75, 3.05) is 11.9 Å². The van der Waals surface area contributed by atoms with Crippen LogP contribution in [0.1, 0.15) is 49.5 Å². The number of carbonyl (C=O) groups excluding carboxylic acids is 1. The fraction of sp³-hybridized carbons (Fsp3) is 0.364. The molecule has 0 aliphatic rings. The van der Waals surface area contributed by atoms with Crippen LogP contribution in [0.15, 0.2) is 42.5 Å². The van der Waals surface area contributed by atoms with Gasteiger partial charge in [-0.05, 0) is 54.7 Å². The van der Waals surface area contributed by atoms with E-state index in [-0.39, 0.29) is 5.91 Å². The molecule has 1 heterocycles. The highest BCUT2D eigenvalue weighted by Crippen LogP contribution is 2.28. The van der Waals surface area contributed by atoms with Crippen LogP contribution in [-0.2, 0) is 6.42 Å². The van der Waals surface area contributed by atoms with Gasteiger partial charge in [-0.1, -0.05) is 50.7 Å². The van der Waals surface area contributed by atoms with Gasteiger partial charge in [-0.2, -0.15) is 0 Å². The lowest BCUT2D eigenvalue weighted by Crippen LogP contribution is -2.12. The molecular weight excluding hydrogens is 356 g/mol. The molecule has 142 valence electrons. The minimum absolute atomic E-state index is 0.171. The molecule has 2 aromatic carbocycles. The molecule has 27 heavy (non-hydrogen) atoms. The van der Waals surface area contributed by atoms with Gasteiger partial charge in [0, 0.05) is 5.56 Å². The summed E-state index contributed by atoms with van der Waals surface area (Å²) in [6.45, 7) is 7.01. The molecule has 0 saturated carbocycles. The first-order chi connectivity index (χ1) is 13.0. The van der Waals surface area contributed by atoms with Crippen LogP contribution in [0.4, 0.5) is 5.13 Å². The number of rotatable bonds is 8. The topological polar surface area (TPSA) is 51.2 Å². The van der Waals surface area contributed by atoms with Crippen LogP contribution in [0, 0.1) is 5.92 Å². The lowest BCUT2D eigenvalue weighted by atomic mass is 10.1. The zero-order valence-electron chi connectivity index (χ0n) is 16.1. The van der Waals surface area contributed by atoms with Gasteiger partial charge < -0.3 is 4.74 Å². The quantitative estimate of drug-likeness (QED) is 0.525. The van der Waals surface area contributed by atoms with E-state index in [1.165, 1.54) is 29.7 Å². The molecule has 0 aliphatic heterocycles. The van der Waals surface area contributed by atoms with Crippen molar-refractivity contribution in [2.45, 2.75) is 40.0 Å². The van der Waals surface area contributed by atoms with Gasteiger partial charge in [0.05, 0.1) is 16.8 Å². The lowest BCUT2D eigenvalue weighted by Gasteiger charge is -2.09. The molecule has 3 rings (SSSR count). The molecule has 1 N–H and O–H groups in total. The second-order valence-electron chi connectivity index (χ2n) is 7.11. The monoisotopic (exact) mass is 382 g/mol. The Kier molecular flexibility index (Phi) is 6.45. The van der Waals surface area contributed by atoms with Crippen molar-refractivity contribution in [3.8, 4) is 5.75 Å². The maximum atomic E-state index is 12.6. The largest absolute Gasteiger partial charge is 0.493 e. The number of fused-ring (bicyclic) bond motifs is 1. The number of nitrogens with one attached hydrogen (secondary N) is 1. The molecule has 0 aliphatic carbocycles. The summed E-state index contributed by atoms with van der Waals surface area (Å²) >= 11 is 1.51. The number of benzene rings is 2. The zero-order chi connectivity index (χ0) is 19.2. The van der Waals surface area contributed by atoms with Crippen molar-refractivity contribution in [2.24, 2.45) is 5.92 Å². The average molecular weight is 383 g/mol. The van der Waals surface area contributed by atoms with Crippen LogP contribution in [0.2, 0.25) is 0 Å². The van der Waals surface area contributed by atoms with E-state index in [4.69, 9.17) is 4.74 Å². The number of amides is 1. The van der Waals surface area contributed by atoms with E-state index in [2.05, 4.69) is 43.2 Å². The summed E-state index contributed by atoms with van der Waals surface area (Å²) in [6, 6.07) is 13.6. The minimum atomic E-state index is -0.171. The average Bonchev–Trinajstić information content (AvgIpc) is 3.06. The summed E-state index contributed by atoms with van der Waals surface area (Å²) in [7, 11) is 0. The maximum absolute atomic E-state index is 12.6. The third kappa shape index (κ3) is 5.30. The second kappa shape index (κ2) is 9.00. The number of unbranched alkanes of at least 4 members (excludes halogenated alkanes) is 1. The van der Waals surface area contributed by atoms with Crippen molar-refractivity contribution in [1.82, 2.24) is 4.98 Å². The predicted molar refractivity (Wildman–Crippen MR) is 113 cm³/mol. The number of aryl methyl sites for hydroxylation is 1. The molecule has 0 unspecified atom stereocenters. The standard InChI is InChI=1S/C22H26N2O2S/c1-4-5-7-16-10-11-19-20(12-16)27-22(23-19)24-21(25)17-8-6-9-18(13-17)26-14-15(2)3/h6,8-13,15H,4-5,7,14H2,1-3H3,(H,23,24,25). The number of hydrogen-bond donors (Lipinski definition) is 1. The van der Waals surface area contributed by atoms with Crippen LogP contribution >= 0.6 is 11.3 Å². The van der Waals surface area contributed by atoms with Crippen LogP contribution in [0.5, 0.6) is 5.75 Å². The van der Waals surface area contributed by atoms with E-state index in [0.29, 0.717) is 29.0 Å². The molecule has 5 heteroatoms. The first-order valence-corrected chi connectivity index (χ1v) is 10.3. The molecule has 0 bridgehead atoms. The van der Waals surface area contributed by atoms with Crippen molar-refractivity contribution >= 4 is 32.6 Å². The molecule has 0 atom stereocenters. The van der Waals surface area contributed by atoms with Crippen LogP contribution < -0.4 is 10.1 Å². The Balaban J connectivity index is 1.71. The van der Waals surface area contributed by atoms with Gasteiger partial charge in [0.1, 0.15) is 5.75 Å². The Morgan fingerprint density at radius 1 is 1.22 bits per heavy atom. The van der Waals surface area contributed by atoms with Gasteiger partial charge in [0.25, 0.3) is 5.91 Å². The summed E-state index contributed by atoms with van der Waals surface area (Å²) in [5.41, 5.74) is 2.81. The second-order valence-corrected chi connectivity index (χ2v) is 8.14.